The molecule has 84 valence electrons. The SMILES string of the molecule is CC1=NN(c2ccc3c(c2)C=CC3=O)C(=O)C1. The topological polar surface area (TPSA) is 49.7 Å². The van der Waals surface area contributed by atoms with Crippen molar-refractivity contribution >= 4 is 29.2 Å². The molecule has 0 bridgehead atoms. The van der Waals surface area contributed by atoms with Crippen molar-refractivity contribution in [2.24, 2.45) is 5.10 Å². The zero-order valence-corrected chi connectivity index (χ0v) is 9.30. The van der Waals surface area contributed by atoms with Crippen molar-refractivity contribution < 1.29 is 9.59 Å². The lowest BCUT2D eigenvalue weighted by atomic mass is 10.1. The predicted molar refractivity (Wildman–Crippen MR) is 65.0 cm³/mol. The molecule has 3 rings (SSSR count). The normalized spacial score (nSPS) is 17.7. The molecule has 0 saturated heterocycles. The van der Waals surface area contributed by atoms with Gasteiger partial charge >= 0.3 is 0 Å². The average molecular weight is 226 g/mol. The molecule has 0 atom stereocenters. The number of carbonyl (C=O) groups excluding carboxylic acids is 2. The summed E-state index contributed by atoms with van der Waals surface area (Å²) in [6.07, 6.45) is 3.67. The van der Waals surface area contributed by atoms with Crippen LogP contribution in [0.5, 0.6) is 0 Å². The maximum absolute atomic E-state index is 11.7. The summed E-state index contributed by atoms with van der Waals surface area (Å²) in [4.78, 5) is 23.1. The lowest BCUT2D eigenvalue weighted by Gasteiger charge is -2.12. The van der Waals surface area contributed by atoms with E-state index in [-0.39, 0.29) is 11.7 Å². The smallest absolute Gasteiger partial charge is 0.253 e. The van der Waals surface area contributed by atoms with E-state index in [1.807, 2.05) is 13.0 Å². The summed E-state index contributed by atoms with van der Waals surface area (Å²) in [6, 6.07) is 5.31. The Morgan fingerprint density at radius 2 is 2.06 bits per heavy atom. The fraction of sp³-hybridized carbons (Fsp3) is 0.154. The van der Waals surface area contributed by atoms with Gasteiger partial charge in [0.2, 0.25) is 0 Å². The number of hydrogen-bond donors (Lipinski definition) is 0. The van der Waals surface area contributed by atoms with Gasteiger partial charge in [-0.25, -0.2) is 5.01 Å². The van der Waals surface area contributed by atoms with Crippen LogP contribution < -0.4 is 5.01 Å². The van der Waals surface area contributed by atoms with Crippen molar-refractivity contribution in [2.45, 2.75) is 13.3 Å². The van der Waals surface area contributed by atoms with Gasteiger partial charge in [-0.1, -0.05) is 6.08 Å². The molecular weight excluding hydrogens is 216 g/mol. The lowest BCUT2D eigenvalue weighted by molar-refractivity contribution is -0.116. The highest BCUT2D eigenvalue weighted by molar-refractivity contribution is 6.15. The molecular formula is C13H10N2O2. The van der Waals surface area contributed by atoms with Crippen molar-refractivity contribution in [1.29, 1.82) is 0 Å². The van der Waals surface area contributed by atoms with Gasteiger partial charge < -0.3 is 0 Å². The van der Waals surface area contributed by atoms with E-state index in [1.54, 1.807) is 18.2 Å². The highest BCUT2D eigenvalue weighted by Gasteiger charge is 2.24. The number of nitrogens with zero attached hydrogens (tertiary/aromatic N) is 2. The van der Waals surface area contributed by atoms with Crippen LogP contribution in [0.3, 0.4) is 0 Å². The summed E-state index contributed by atoms with van der Waals surface area (Å²) in [5.74, 6) is -0.0188. The number of anilines is 1. The van der Waals surface area contributed by atoms with Crippen LogP contribution >= 0.6 is 0 Å². The molecule has 1 aromatic rings. The maximum Gasteiger partial charge on any atom is 0.253 e. The highest BCUT2D eigenvalue weighted by atomic mass is 16.2. The third-order valence-electron chi connectivity index (χ3n) is 2.87. The average Bonchev–Trinajstić information content (AvgIpc) is 2.82. The van der Waals surface area contributed by atoms with E-state index < -0.39 is 0 Å². The monoisotopic (exact) mass is 226 g/mol. The molecule has 1 amide bonds. The summed E-state index contributed by atoms with van der Waals surface area (Å²) in [7, 11) is 0. The number of fused-ring (bicyclic) bond motifs is 1. The van der Waals surface area contributed by atoms with Gasteiger partial charge in [-0.15, -0.1) is 0 Å². The minimum atomic E-state index is -0.0317. The van der Waals surface area contributed by atoms with Gasteiger partial charge in [0.1, 0.15) is 0 Å². The van der Waals surface area contributed by atoms with E-state index in [9.17, 15) is 9.59 Å². The predicted octanol–water partition coefficient (Wildman–Crippen LogP) is 2.01. The van der Waals surface area contributed by atoms with Crippen molar-refractivity contribution in [2.75, 3.05) is 5.01 Å². The number of carbonyl (C=O) groups is 2. The number of ketones is 1. The Balaban J connectivity index is 2.04. The van der Waals surface area contributed by atoms with Crippen molar-refractivity contribution in [1.82, 2.24) is 0 Å². The van der Waals surface area contributed by atoms with Crippen LogP contribution in [0, 0.1) is 0 Å². The Morgan fingerprint density at radius 3 is 2.76 bits per heavy atom. The van der Waals surface area contributed by atoms with Crippen molar-refractivity contribution in [3.63, 3.8) is 0 Å². The molecule has 1 aromatic carbocycles. The molecule has 0 unspecified atom stereocenters. The van der Waals surface area contributed by atoms with Crippen LogP contribution in [-0.4, -0.2) is 17.4 Å². The molecule has 0 saturated carbocycles. The number of hydrogen-bond acceptors (Lipinski definition) is 3. The van der Waals surface area contributed by atoms with Crippen LogP contribution in [0.1, 0.15) is 29.3 Å². The highest BCUT2D eigenvalue weighted by Crippen LogP contribution is 2.27. The Labute approximate surface area is 98.2 Å². The summed E-state index contributed by atoms with van der Waals surface area (Å²) >= 11 is 0. The second kappa shape index (κ2) is 3.38. The number of rotatable bonds is 1. The number of allylic oxidation sites excluding steroid dienone is 1. The number of amides is 1. The van der Waals surface area contributed by atoms with E-state index in [4.69, 9.17) is 0 Å². The minimum Gasteiger partial charge on any atom is -0.289 e. The molecule has 0 fully saturated rings. The molecule has 0 spiro atoms. The van der Waals surface area contributed by atoms with Gasteiger partial charge in [-0.3, -0.25) is 9.59 Å². The summed E-state index contributed by atoms with van der Waals surface area (Å²) < 4.78 is 0. The fourth-order valence-electron chi connectivity index (χ4n) is 2.06. The van der Waals surface area contributed by atoms with Gasteiger partial charge in [-0.2, -0.15) is 5.10 Å². The molecule has 17 heavy (non-hydrogen) atoms. The van der Waals surface area contributed by atoms with Crippen LogP contribution in [0.15, 0.2) is 29.4 Å². The van der Waals surface area contributed by atoms with Crippen LogP contribution in [0.25, 0.3) is 6.08 Å². The van der Waals surface area contributed by atoms with Crippen molar-refractivity contribution in [3.05, 3.63) is 35.4 Å². The lowest BCUT2D eigenvalue weighted by Crippen LogP contribution is -2.19. The minimum absolute atomic E-state index is 0.0129. The second-order valence-electron chi connectivity index (χ2n) is 4.19. The Bertz CT molecular complexity index is 599. The molecule has 1 aliphatic carbocycles. The standard InChI is InChI=1S/C13H10N2O2/c1-8-6-13(17)15(14-8)10-3-4-11-9(7-10)2-5-12(11)16/h2-5,7H,6H2,1H3. The van der Waals surface area contributed by atoms with Gasteiger partial charge in [-0.05, 0) is 36.8 Å². The number of hydrazone groups is 1. The molecule has 0 aromatic heterocycles. The van der Waals surface area contributed by atoms with E-state index in [0.717, 1.165) is 11.3 Å². The van der Waals surface area contributed by atoms with Gasteiger partial charge in [0.05, 0.1) is 12.1 Å². The molecule has 4 nitrogen and oxygen atoms in total. The third-order valence-corrected chi connectivity index (χ3v) is 2.87. The van der Waals surface area contributed by atoms with E-state index >= 15 is 0 Å². The summed E-state index contributed by atoms with van der Waals surface area (Å²) in [5.41, 5.74) is 3.05. The largest absolute Gasteiger partial charge is 0.289 e. The second-order valence-corrected chi connectivity index (χ2v) is 4.19. The first kappa shape index (κ1) is 9.96. The first-order valence-corrected chi connectivity index (χ1v) is 5.38. The van der Waals surface area contributed by atoms with Crippen LogP contribution in [0.4, 0.5) is 5.69 Å². The first-order chi connectivity index (χ1) is 8.15. The zero-order valence-electron chi connectivity index (χ0n) is 9.30. The Hall–Kier alpha value is -2.23. The molecule has 2 aliphatic rings. The van der Waals surface area contributed by atoms with Crippen LogP contribution in [0.2, 0.25) is 0 Å². The van der Waals surface area contributed by atoms with E-state index in [2.05, 4.69) is 5.10 Å². The maximum atomic E-state index is 11.7. The fourth-order valence-corrected chi connectivity index (χ4v) is 2.06. The van der Waals surface area contributed by atoms with Gasteiger partial charge in [0.15, 0.2) is 5.78 Å². The van der Waals surface area contributed by atoms with Gasteiger partial charge in [0.25, 0.3) is 5.91 Å². The summed E-state index contributed by atoms with van der Waals surface area (Å²) in [5, 5.41) is 5.57. The Kier molecular flexibility index (Phi) is 1.98. The van der Waals surface area contributed by atoms with Gasteiger partial charge in [0, 0.05) is 11.3 Å². The molecule has 0 radical (unpaired) electrons. The Morgan fingerprint density at radius 1 is 1.24 bits per heavy atom. The molecule has 0 N–H and O–H groups in total. The van der Waals surface area contributed by atoms with E-state index in [1.165, 1.54) is 11.1 Å². The van der Waals surface area contributed by atoms with E-state index in [0.29, 0.717) is 17.7 Å². The molecule has 4 heteroatoms. The first-order valence-electron chi connectivity index (χ1n) is 5.38. The quantitative estimate of drug-likeness (QED) is 0.735. The zero-order chi connectivity index (χ0) is 12.0. The number of benzene rings is 1. The summed E-state index contributed by atoms with van der Waals surface area (Å²) in [6.45, 7) is 1.83. The molecule has 1 heterocycles. The van der Waals surface area contributed by atoms with Crippen LogP contribution in [-0.2, 0) is 4.79 Å². The van der Waals surface area contributed by atoms with Crippen molar-refractivity contribution in [3.8, 4) is 0 Å². The third kappa shape index (κ3) is 1.49. The molecule has 1 aliphatic heterocycles.